The van der Waals surface area contributed by atoms with Crippen molar-refractivity contribution >= 4 is 11.5 Å². The third kappa shape index (κ3) is 4.59. The maximum absolute atomic E-state index is 10.6. The number of carbonyl (C=O) groups is 1. The van der Waals surface area contributed by atoms with Crippen LogP contribution in [0, 0.1) is 0 Å². The first kappa shape index (κ1) is 16.0. The Morgan fingerprint density at radius 2 is 1.91 bits per heavy atom. The Bertz CT molecular complexity index is 673. The first-order valence-corrected chi connectivity index (χ1v) is 7.61. The van der Waals surface area contributed by atoms with Crippen molar-refractivity contribution in [1.29, 1.82) is 0 Å². The standard InChI is InChI=1S/C20H22O2/c1-15(7-5-8-16(2)14-20(21)22)13-18-11-6-10-17-9-3-4-12-19(17)18/h3-5,7-9,12-14H,6,10-11H2,1-2H3,(H,21,22)/b8-5+,15-7+,16-14+,18-13?. The van der Waals surface area contributed by atoms with Crippen molar-refractivity contribution in [3.05, 3.63) is 76.9 Å². The third-order valence-electron chi connectivity index (χ3n) is 3.73. The van der Waals surface area contributed by atoms with Crippen LogP contribution < -0.4 is 0 Å². The molecule has 2 heteroatoms. The number of carboxylic acids is 1. The molecule has 22 heavy (non-hydrogen) atoms. The second-order valence-corrected chi connectivity index (χ2v) is 5.68. The normalized spacial score (nSPS) is 17.8. The van der Waals surface area contributed by atoms with E-state index in [4.69, 9.17) is 5.11 Å². The summed E-state index contributed by atoms with van der Waals surface area (Å²) < 4.78 is 0. The van der Waals surface area contributed by atoms with Crippen LogP contribution >= 0.6 is 0 Å². The molecule has 1 aromatic rings. The van der Waals surface area contributed by atoms with E-state index >= 15 is 0 Å². The molecule has 1 aliphatic rings. The quantitative estimate of drug-likeness (QED) is 0.631. The van der Waals surface area contributed by atoms with Crippen LogP contribution in [0.4, 0.5) is 0 Å². The van der Waals surface area contributed by atoms with Gasteiger partial charge in [0.05, 0.1) is 0 Å². The minimum atomic E-state index is -0.913. The minimum absolute atomic E-state index is 0.729. The Morgan fingerprint density at radius 3 is 2.68 bits per heavy atom. The molecule has 0 saturated carbocycles. The second kappa shape index (κ2) is 7.60. The first-order valence-electron chi connectivity index (χ1n) is 7.61. The fourth-order valence-electron chi connectivity index (χ4n) is 2.72. The Balaban J connectivity index is 2.15. The molecule has 0 heterocycles. The molecule has 0 unspecified atom stereocenters. The van der Waals surface area contributed by atoms with E-state index in [2.05, 4.69) is 37.3 Å². The summed E-state index contributed by atoms with van der Waals surface area (Å²) >= 11 is 0. The molecular formula is C20H22O2. The summed E-state index contributed by atoms with van der Waals surface area (Å²) in [7, 11) is 0. The highest BCUT2D eigenvalue weighted by molar-refractivity contribution is 5.81. The molecule has 0 saturated heterocycles. The zero-order valence-electron chi connectivity index (χ0n) is 13.2. The molecule has 0 spiro atoms. The van der Waals surface area contributed by atoms with Gasteiger partial charge in [0.2, 0.25) is 0 Å². The largest absolute Gasteiger partial charge is 0.478 e. The van der Waals surface area contributed by atoms with Crippen LogP contribution in [0.15, 0.2) is 65.8 Å². The molecule has 0 atom stereocenters. The van der Waals surface area contributed by atoms with E-state index in [1.807, 2.05) is 18.2 Å². The molecule has 1 N–H and O–H groups in total. The van der Waals surface area contributed by atoms with Crippen molar-refractivity contribution in [2.45, 2.75) is 33.1 Å². The van der Waals surface area contributed by atoms with Crippen LogP contribution in [0.2, 0.25) is 0 Å². The van der Waals surface area contributed by atoms with Gasteiger partial charge in [0.1, 0.15) is 0 Å². The van der Waals surface area contributed by atoms with Crippen LogP contribution in [0.5, 0.6) is 0 Å². The van der Waals surface area contributed by atoms with Gasteiger partial charge in [0.15, 0.2) is 0 Å². The monoisotopic (exact) mass is 294 g/mol. The Kier molecular flexibility index (Phi) is 5.54. The number of fused-ring (bicyclic) bond motifs is 1. The minimum Gasteiger partial charge on any atom is -0.478 e. The molecule has 2 nitrogen and oxygen atoms in total. The van der Waals surface area contributed by atoms with Gasteiger partial charge in [0.25, 0.3) is 0 Å². The average Bonchev–Trinajstić information content (AvgIpc) is 2.47. The zero-order chi connectivity index (χ0) is 15.9. The van der Waals surface area contributed by atoms with Gasteiger partial charge in [-0.15, -0.1) is 0 Å². The van der Waals surface area contributed by atoms with Gasteiger partial charge in [-0.2, -0.15) is 0 Å². The van der Waals surface area contributed by atoms with E-state index in [1.54, 1.807) is 6.92 Å². The summed E-state index contributed by atoms with van der Waals surface area (Å²) in [6.07, 6.45) is 12.6. The summed E-state index contributed by atoms with van der Waals surface area (Å²) in [5.41, 5.74) is 6.09. The highest BCUT2D eigenvalue weighted by Gasteiger charge is 2.12. The summed E-state index contributed by atoms with van der Waals surface area (Å²) in [5.74, 6) is -0.913. The molecule has 0 bridgehead atoms. The van der Waals surface area contributed by atoms with E-state index in [0.717, 1.165) is 18.4 Å². The number of rotatable bonds is 4. The predicted molar refractivity (Wildman–Crippen MR) is 91.6 cm³/mol. The zero-order valence-corrected chi connectivity index (χ0v) is 13.2. The maximum Gasteiger partial charge on any atom is 0.328 e. The maximum atomic E-state index is 10.6. The van der Waals surface area contributed by atoms with Crippen LogP contribution in [-0.2, 0) is 11.2 Å². The fraction of sp³-hybridized carbons (Fsp3) is 0.250. The van der Waals surface area contributed by atoms with Crippen LogP contribution in [-0.4, -0.2) is 11.1 Å². The van der Waals surface area contributed by atoms with Gasteiger partial charge in [0, 0.05) is 6.08 Å². The SMILES string of the molecule is C\C(C=C1CCCc2ccccc21)=C/C=C/C(C)=C/C(=O)O. The van der Waals surface area contributed by atoms with Gasteiger partial charge in [-0.05, 0) is 55.4 Å². The number of allylic oxidation sites excluding steroid dienone is 7. The summed E-state index contributed by atoms with van der Waals surface area (Å²) in [6, 6.07) is 8.60. The van der Waals surface area contributed by atoms with Crippen molar-refractivity contribution in [3.8, 4) is 0 Å². The van der Waals surface area contributed by atoms with Gasteiger partial charge >= 0.3 is 5.97 Å². The summed E-state index contributed by atoms with van der Waals surface area (Å²) in [5, 5.41) is 8.67. The molecule has 114 valence electrons. The Morgan fingerprint density at radius 1 is 1.14 bits per heavy atom. The Hall–Kier alpha value is -2.35. The summed E-state index contributed by atoms with van der Waals surface area (Å²) in [6.45, 7) is 3.86. The fourth-order valence-corrected chi connectivity index (χ4v) is 2.72. The van der Waals surface area contributed by atoms with E-state index < -0.39 is 5.97 Å². The number of hydrogen-bond donors (Lipinski definition) is 1. The molecule has 1 aliphatic carbocycles. The van der Waals surface area contributed by atoms with E-state index in [-0.39, 0.29) is 0 Å². The van der Waals surface area contributed by atoms with Gasteiger partial charge < -0.3 is 5.11 Å². The highest BCUT2D eigenvalue weighted by atomic mass is 16.4. The first-order chi connectivity index (χ1) is 10.6. The van der Waals surface area contributed by atoms with Gasteiger partial charge in [-0.3, -0.25) is 0 Å². The number of aliphatic carboxylic acids is 1. The molecule has 0 radical (unpaired) electrons. The number of benzene rings is 1. The van der Waals surface area contributed by atoms with Crippen LogP contribution in [0.25, 0.3) is 5.57 Å². The van der Waals surface area contributed by atoms with Crippen LogP contribution in [0.1, 0.15) is 37.8 Å². The lowest BCUT2D eigenvalue weighted by Gasteiger charge is -2.18. The van der Waals surface area contributed by atoms with E-state index in [1.165, 1.54) is 34.8 Å². The lowest BCUT2D eigenvalue weighted by Crippen LogP contribution is -2.01. The topological polar surface area (TPSA) is 37.3 Å². The smallest absolute Gasteiger partial charge is 0.328 e. The van der Waals surface area contributed by atoms with E-state index in [0.29, 0.717) is 0 Å². The van der Waals surface area contributed by atoms with Gasteiger partial charge in [-0.1, -0.05) is 54.1 Å². The number of carboxylic acid groups (broad SMARTS) is 1. The molecule has 2 rings (SSSR count). The van der Waals surface area contributed by atoms with Crippen molar-refractivity contribution in [1.82, 2.24) is 0 Å². The molecule has 0 fully saturated rings. The molecule has 0 aromatic heterocycles. The molecule has 1 aromatic carbocycles. The lowest BCUT2D eigenvalue weighted by atomic mass is 9.86. The van der Waals surface area contributed by atoms with Crippen molar-refractivity contribution < 1.29 is 9.90 Å². The van der Waals surface area contributed by atoms with Crippen molar-refractivity contribution in [3.63, 3.8) is 0 Å². The molecule has 0 aliphatic heterocycles. The second-order valence-electron chi connectivity index (χ2n) is 5.68. The highest BCUT2D eigenvalue weighted by Crippen LogP contribution is 2.31. The lowest BCUT2D eigenvalue weighted by molar-refractivity contribution is -0.131. The third-order valence-corrected chi connectivity index (χ3v) is 3.73. The predicted octanol–water partition coefficient (Wildman–Crippen LogP) is 4.94. The molecular weight excluding hydrogens is 272 g/mol. The van der Waals surface area contributed by atoms with Crippen LogP contribution in [0.3, 0.4) is 0 Å². The number of aryl methyl sites for hydroxylation is 1. The number of hydrogen-bond acceptors (Lipinski definition) is 1. The Labute approximate surface area is 132 Å². The molecule has 0 amide bonds. The van der Waals surface area contributed by atoms with Crippen molar-refractivity contribution in [2.24, 2.45) is 0 Å². The van der Waals surface area contributed by atoms with E-state index in [9.17, 15) is 4.79 Å². The average molecular weight is 294 g/mol. The van der Waals surface area contributed by atoms with Crippen molar-refractivity contribution in [2.75, 3.05) is 0 Å². The van der Waals surface area contributed by atoms with Gasteiger partial charge in [-0.25, -0.2) is 4.79 Å². The summed E-state index contributed by atoms with van der Waals surface area (Å²) in [4.78, 5) is 10.6.